The standard InChI is InChI=1S/C40H48N8O8/c1-6-16-47(38(51)35(23(3)49)46-40(53)55-5)22-34-41-20-29(43-34)24-10-12-25(13-11-24)33-19-27-18-26(14-15-32(27)56-33)30-21-42-36(44-30)31-9-8-17-48(31)37(50)28(7-2)45-39(52)54-4/h10-15,18-21,23,28,31,35,49H,6-9,16-17,22H2,1-5H3,(H,41,43)(H,42,44)(H,45,52)(H,46,53)/t23-,28+,31+,35+/m1/s1. The Hall–Kier alpha value is -6.16. The van der Waals surface area contributed by atoms with E-state index in [0.717, 1.165) is 51.9 Å². The molecule has 0 unspecified atom stereocenters. The van der Waals surface area contributed by atoms with Crippen LogP contribution in [0.4, 0.5) is 9.59 Å². The summed E-state index contributed by atoms with van der Waals surface area (Å²) in [5.74, 6) is 1.35. The molecule has 0 spiro atoms. The van der Waals surface area contributed by atoms with Crippen molar-refractivity contribution in [3.05, 3.63) is 72.6 Å². The molecule has 4 atom stereocenters. The maximum absolute atomic E-state index is 13.4. The summed E-state index contributed by atoms with van der Waals surface area (Å²) < 4.78 is 15.6. The Bertz CT molecular complexity index is 2160. The normalized spacial score (nSPS) is 15.6. The Morgan fingerprint density at radius 3 is 2.32 bits per heavy atom. The first-order chi connectivity index (χ1) is 27.0. The molecule has 0 radical (unpaired) electrons. The second-order valence-electron chi connectivity index (χ2n) is 13.8. The van der Waals surface area contributed by atoms with Crippen LogP contribution in [-0.2, 0) is 25.6 Å². The zero-order valence-corrected chi connectivity index (χ0v) is 32.1. The van der Waals surface area contributed by atoms with Crippen LogP contribution in [0.3, 0.4) is 0 Å². The molecule has 0 bridgehead atoms. The van der Waals surface area contributed by atoms with Crippen molar-refractivity contribution >= 4 is 35.0 Å². The maximum atomic E-state index is 13.4. The SMILES string of the molecule is CCCN(Cc1ncc(-c2ccc(-c3cc4cc(-c5cnc([C@@H]6CCCN6C(=O)[C@H](CC)NC(=O)OC)[nH]5)ccc4o3)cc2)[nH]1)C(=O)[C@@H](NC(=O)OC)[C@@H](C)O. The predicted octanol–water partition coefficient (Wildman–Crippen LogP) is 5.52. The van der Waals surface area contributed by atoms with E-state index in [1.807, 2.05) is 62.4 Å². The number of aliphatic hydroxyl groups excluding tert-OH is 1. The number of rotatable bonds is 14. The lowest BCUT2D eigenvalue weighted by molar-refractivity contribution is -0.136. The number of carbonyl (C=O) groups excluding carboxylic acids is 4. The monoisotopic (exact) mass is 768 g/mol. The summed E-state index contributed by atoms with van der Waals surface area (Å²) in [4.78, 5) is 69.5. The highest BCUT2D eigenvalue weighted by Crippen LogP contribution is 2.35. The molecule has 2 aromatic carbocycles. The highest BCUT2D eigenvalue weighted by molar-refractivity contribution is 5.88. The number of amides is 4. The first-order valence-electron chi connectivity index (χ1n) is 18.7. The number of hydrogen-bond acceptors (Lipinski definition) is 10. The third kappa shape index (κ3) is 8.70. The van der Waals surface area contributed by atoms with E-state index in [1.165, 1.54) is 21.1 Å². The van der Waals surface area contributed by atoms with Crippen LogP contribution >= 0.6 is 0 Å². The number of hydrogen-bond donors (Lipinski definition) is 5. The minimum Gasteiger partial charge on any atom is -0.456 e. The molecule has 1 aliphatic rings. The average Bonchev–Trinajstić information content (AvgIpc) is 4.04. The van der Waals surface area contributed by atoms with Crippen LogP contribution in [0.5, 0.6) is 0 Å². The number of aliphatic hydroxyl groups is 1. The zero-order chi connectivity index (χ0) is 39.9. The second-order valence-corrected chi connectivity index (χ2v) is 13.8. The summed E-state index contributed by atoms with van der Waals surface area (Å²) in [5, 5.41) is 16.2. The fraction of sp³-hybridized carbons (Fsp3) is 0.400. The van der Waals surface area contributed by atoms with Crippen molar-refractivity contribution in [3.8, 4) is 33.8 Å². The lowest BCUT2D eigenvalue weighted by Gasteiger charge is -2.28. The fourth-order valence-electron chi connectivity index (χ4n) is 6.95. The van der Waals surface area contributed by atoms with Crippen molar-refractivity contribution in [3.63, 3.8) is 0 Å². The number of alkyl carbamates (subject to hydrolysis) is 2. The molecule has 5 aromatic rings. The average molecular weight is 769 g/mol. The predicted molar refractivity (Wildman–Crippen MR) is 207 cm³/mol. The molecular weight excluding hydrogens is 720 g/mol. The third-order valence-corrected chi connectivity index (χ3v) is 9.92. The van der Waals surface area contributed by atoms with E-state index < -0.39 is 36.3 Å². The number of ether oxygens (including phenoxy) is 2. The smallest absolute Gasteiger partial charge is 0.407 e. The summed E-state index contributed by atoms with van der Waals surface area (Å²) in [5.41, 5.74) is 4.99. The molecule has 6 rings (SSSR count). The molecule has 296 valence electrons. The molecule has 16 heteroatoms. The number of imidazole rings is 2. The van der Waals surface area contributed by atoms with E-state index in [9.17, 15) is 24.3 Å². The van der Waals surface area contributed by atoms with Crippen molar-refractivity contribution in [2.45, 2.75) is 77.2 Å². The van der Waals surface area contributed by atoms with Crippen LogP contribution < -0.4 is 10.6 Å². The minimum absolute atomic E-state index is 0.157. The van der Waals surface area contributed by atoms with Gasteiger partial charge in [0.15, 0.2) is 0 Å². The quantitative estimate of drug-likeness (QED) is 0.0956. The Balaban J connectivity index is 1.13. The van der Waals surface area contributed by atoms with Gasteiger partial charge in [-0.25, -0.2) is 19.6 Å². The molecule has 56 heavy (non-hydrogen) atoms. The van der Waals surface area contributed by atoms with Gasteiger partial charge in [0.1, 0.15) is 35.1 Å². The molecule has 3 aromatic heterocycles. The first kappa shape index (κ1) is 39.5. The van der Waals surface area contributed by atoms with Gasteiger partial charge in [-0.05, 0) is 62.4 Å². The van der Waals surface area contributed by atoms with E-state index in [2.05, 4.69) is 35.3 Å². The van der Waals surface area contributed by atoms with Crippen molar-refractivity contribution in [1.29, 1.82) is 0 Å². The van der Waals surface area contributed by atoms with E-state index in [-0.39, 0.29) is 18.5 Å². The fourth-order valence-corrected chi connectivity index (χ4v) is 6.95. The van der Waals surface area contributed by atoms with E-state index >= 15 is 0 Å². The molecule has 1 saturated heterocycles. The minimum atomic E-state index is -1.16. The molecule has 1 aliphatic heterocycles. The molecule has 4 amide bonds. The van der Waals surface area contributed by atoms with Gasteiger partial charge < -0.3 is 49.4 Å². The van der Waals surface area contributed by atoms with Gasteiger partial charge in [0.2, 0.25) is 11.8 Å². The number of H-pyrrole nitrogens is 2. The topological polar surface area (TPSA) is 208 Å². The van der Waals surface area contributed by atoms with Gasteiger partial charge in [0, 0.05) is 29.6 Å². The van der Waals surface area contributed by atoms with Crippen molar-refractivity contribution in [2.24, 2.45) is 0 Å². The van der Waals surface area contributed by atoms with Gasteiger partial charge in [-0.15, -0.1) is 0 Å². The van der Waals surface area contributed by atoms with Crippen LogP contribution in [0.1, 0.15) is 64.1 Å². The molecular formula is C40H48N8O8. The lowest BCUT2D eigenvalue weighted by atomic mass is 10.1. The van der Waals surface area contributed by atoms with Crippen LogP contribution in [0.15, 0.2) is 65.3 Å². The lowest BCUT2D eigenvalue weighted by Crippen LogP contribution is -2.53. The Labute approximate surface area is 324 Å². The maximum Gasteiger partial charge on any atom is 0.407 e. The molecule has 0 aliphatic carbocycles. The largest absolute Gasteiger partial charge is 0.456 e. The van der Waals surface area contributed by atoms with Gasteiger partial charge >= 0.3 is 12.2 Å². The van der Waals surface area contributed by atoms with Gasteiger partial charge in [0.05, 0.1) is 56.7 Å². The number of fused-ring (bicyclic) bond motifs is 1. The second kappa shape index (κ2) is 17.5. The summed E-state index contributed by atoms with van der Waals surface area (Å²) in [6.45, 7) is 6.36. The number of aromatic amines is 2. The van der Waals surface area contributed by atoms with Gasteiger partial charge in [-0.2, -0.15) is 0 Å². The Kier molecular flexibility index (Phi) is 12.4. The van der Waals surface area contributed by atoms with E-state index in [1.54, 1.807) is 22.2 Å². The number of aromatic nitrogens is 4. The van der Waals surface area contributed by atoms with E-state index in [0.29, 0.717) is 43.3 Å². The number of nitrogens with zero attached hydrogens (tertiary/aromatic N) is 4. The summed E-state index contributed by atoms with van der Waals surface area (Å²) >= 11 is 0. The Morgan fingerprint density at radius 2 is 1.62 bits per heavy atom. The summed E-state index contributed by atoms with van der Waals surface area (Å²) in [6, 6.07) is 13.7. The highest BCUT2D eigenvalue weighted by atomic mass is 16.5. The Morgan fingerprint density at radius 1 is 0.946 bits per heavy atom. The highest BCUT2D eigenvalue weighted by Gasteiger charge is 2.36. The number of furan rings is 1. The number of nitrogens with one attached hydrogen (secondary N) is 4. The van der Waals surface area contributed by atoms with Crippen molar-refractivity contribution in [2.75, 3.05) is 27.3 Å². The number of likely N-dealkylation sites (tertiary alicyclic amines) is 1. The zero-order valence-electron chi connectivity index (χ0n) is 32.1. The molecule has 1 fully saturated rings. The van der Waals surface area contributed by atoms with Crippen LogP contribution in [0, 0.1) is 0 Å². The number of carbonyl (C=O) groups is 4. The van der Waals surface area contributed by atoms with Crippen LogP contribution in [-0.4, -0.2) is 104 Å². The number of benzene rings is 2. The molecule has 16 nitrogen and oxygen atoms in total. The van der Waals surface area contributed by atoms with Gasteiger partial charge in [-0.3, -0.25) is 9.59 Å². The van der Waals surface area contributed by atoms with Crippen molar-refractivity contribution in [1.82, 2.24) is 40.4 Å². The summed E-state index contributed by atoms with van der Waals surface area (Å²) in [7, 11) is 2.47. The van der Waals surface area contributed by atoms with Gasteiger partial charge in [-0.1, -0.05) is 38.1 Å². The van der Waals surface area contributed by atoms with Crippen LogP contribution in [0.2, 0.25) is 0 Å². The first-order valence-corrected chi connectivity index (χ1v) is 18.7. The summed E-state index contributed by atoms with van der Waals surface area (Å²) in [6.07, 6.45) is 3.62. The molecule has 0 saturated carbocycles. The molecule has 4 heterocycles. The number of methoxy groups -OCH3 is 2. The third-order valence-electron chi connectivity index (χ3n) is 9.92. The van der Waals surface area contributed by atoms with Crippen molar-refractivity contribution < 1.29 is 38.2 Å². The molecule has 5 N–H and O–H groups in total. The van der Waals surface area contributed by atoms with Gasteiger partial charge in [0.25, 0.3) is 0 Å². The van der Waals surface area contributed by atoms with E-state index in [4.69, 9.17) is 9.15 Å². The van der Waals surface area contributed by atoms with Crippen LogP contribution in [0.25, 0.3) is 44.8 Å².